The Morgan fingerprint density at radius 1 is 0.857 bits per heavy atom. The average Bonchev–Trinajstić information content (AvgIpc) is 2.99. The number of hydrogen-bond acceptors (Lipinski definition) is 4. The Balaban J connectivity index is 1.79. The number of carbonyl (C=O) groups excluding carboxylic acids is 2. The van der Waals surface area contributed by atoms with Gasteiger partial charge in [0, 0.05) is 30.3 Å². The van der Waals surface area contributed by atoms with Gasteiger partial charge in [-0.05, 0) is 19.3 Å². The molecule has 0 spiro atoms. The van der Waals surface area contributed by atoms with Crippen LogP contribution >= 0.6 is 0 Å². The predicted molar refractivity (Wildman–Crippen MR) is 78.1 cm³/mol. The van der Waals surface area contributed by atoms with E-state index in [0.29, 0.717) is 22.6 Å². The average molecular weight is 281 g/mol. The van der Waals surface area contributed by atoms with Crippen LogP contribution in [0.25, 0.3) is 0 Å². The van der Waals surface area contributed by atoms with Gasteiger partial charge in [-0.25, -0.2) is 0 Å². The number of rotatable bonds is 1. The molecule has 1 aliphatic carbocycles. The Morgan fingerprint density at radius 2 is 1.52 bits per heavy atom. The maximum atomic E-state index is 12.5. The molecule has 0 amide bonds. The van der Waals surface area contributed by atoms with Crippen molar-refractivity contribution in [3.63, 3.8) is 0 Å². The Bertz CT molecular complexity index is 686. The summed E-state index contributed by atoms with van der Waals surface area (Å²) in [6, 6.07) is 8.66. The molecule has 4 heteroatoms. The van der Waals surface area contributed by atoms with Gasteiger partial charge in [-0.3, -0.25) is 9.59 Å². The van der Waals surface area contributed by atoms with E-state index in [2.05, 4.69) is 4.90 Å². The van der Waals surface area contributed by atoms with Crippen LogP contribution in [0.1, 0.15) is 51.3 Å². The highest BCUT2D eigenvalue weighted by Crippen LogP contribution is 2.33. The first-order valence-electron chi connectivity index (χ1n) is 7.33. The topological polar surface area (TPSA) is 50.5 Å². The van der Waals surface area contributed by atoms with Crippen LogP contribution in [-0.4, -0.2) is 24.7 Å². The molecule has 1 aromatic carbocycles. The molecule has 2 aliphatic rings. The molecule has 1 saturated heterocycles. The Kier molecular flexibility index (Phi) is 2.70. The Labute approximate surface area is 122 Å². The molecule has 0 N–H and O–H groups in total. The van der Waals surface area contributed by atoms with Crippen molar-refractivity contribution < 1.29 is 14.0 Å². The Hall–Kier alpha value is -2.36. The molecule has 1 aromatic heterocycles. The van der Waals surface area contributed by atoms with Gasteiger partial charge in [-0.1, -0.05) is 24.3 Å². The zero-order valence-corrected chi connectivity index (χ0v) is 11.6. The van der Waals surface area contributed by atoms with Gasteiger partial charge in [0.15, 0.2) is 17.4 Å². The summed E-state index contributed by atoms with van der Waals surface area (Å²) in [7, 11) is 0. The number of ketones is 2. The van der Waals surface area contributed by atoms with Gasteiger partial charge in [0.25, 0.3) is 0 Å². The smallest absolute Gasteiger partial charge is 0.229 e. The van der Waals surface area contributed by atoms with Crippen LogP contribution < -0.4 is 4.90 Å². The molecular weight excluding hydrogens is 266 g/mol. The second-order valence-electron chi connectivity index (χ2n) is 5.58. The molecule has 0 saturated carbocycles. The molecule has 0 radical (unpaired) electrons. The molecule has 4 rings (SSSR count). The van der Waals surface area contributed by atoms with E-state index >= 15 is 0 Å². The summed E-state index contributed by atoms with van der Waals surface area (Å²) in [5.41, 5.74) is 1.31. The van der Waals surface area contributed by atoms with Crippen molar-refractivity contribution >= 4 is 17.5 Å². The molecule has 106 valence electrons. The molecule has 21 heavy (non-hydrogen) atoms. The van der Waals surface area contributed by atoms with E-state index in [1.807, 2.05) is 0 Å². The minimum absolute atomic E-state index is 0.118. The van der Waals surface area contributed by atoms with Crippen LogP contribution in [0.15, 0.2) is 34.7 Å². The number of nitrogens with zero attached hydrogens (tertiary/aromatic N) is 1. The molecule has 2 heterocycles. The third kappa shape index (κ3) is 1.82. The normalized spacial score (nSPS) is 17.6. The number of benzene rings is 1. The summed E-state index contributed by atoms with van der Waals surface area (Å²) >= 11 is 0. The maximum Gasteiger partial charge on any atom is 0.229 e. The van der Waals surface area contributed by atoms with E-state index in [1.54, 1.807) is 30.3 Å². The van der Waals surface area contributed by atoms with Gasteiger partial charge >= 0.3 is 0 Å². The first-order chi connectivity index (χ1) is 10.3. The van der Waals surface area contributed by atoms with Gasteiger partial charge in [0.05, 0.1) is 5.56 Å². The summed E-state index contributed by atoms with van der Waals surface area (Å²) < 4.78 is 5.74. The summed E-state index contributed by atoms with van der Waals surface area (Å²) in [5, 5.41) is 0. The fourth-order valence-corrected chi connectivity index (χ4v) is 3.13. The number of hydrogen-bond donors (Lipinski definition) is 0. The first kappa shape index (κ1) is 12.4. The van der Waals surface area contributed by atoms with E-state index in [0.717, 1.165) is 25.9 Å². The molecule has 0 bridgehead atoms. The van der Waals surface area contributed by atoms with Crippen LogP contribution in [-0.2, 0) is 0 Å². The van der Waals surface area contributed by atoms with E-state index < -0.39 is 0 Å². The lowest BCUT2D eigenvalue weighted by atomic mass is 9.89. The molecule has 4 nitrogen and oxygen atoms in total. The lowest BCUT2D eigenvalue weighted by molar-refractivity contribution is 0.0960. The highest BCUT2D eigenvalue weighted by atomic mass is 16.4. The molecular formula is C17H15NO3. The van der Waals surface area contributed by atoms with Gasteiger partial charge in [0.2, 0.25) is 5.78 Å². The van der Waals surface area contributed by atoms with Crippen molar-refractivity contribution in [2.45, 2.75) is 19.3 Å². The van der Waals surface area contributed by atoms with Crippen LogP contribution in [0.4, 0.5) is 5.88 Å². The number of furan rings is 1. The lowest BCUT2D eigenvalue weighted by Gasteiger charge is -2.25. The minimum Gasteiger partial charge on any atom is -0.436 e. The maximum absolute atomic E-state index is 12.5. The minimum atomic E-state index is -0.191. The van der Waals surface area contributed by atoms with Crippen LogP contribution in [0.2, 0.25) is 0 Å². The van der Waals surface area contributed by atoms with E-state index in [4.69, 9.17) is 4.42 Å². The first-order valence-corrected chi connectivity index (χ1v) is 7.33. The number of fused-ring (bicyclic) bond motifs is 2. The second-order valence-corrected chi connectivity index (χ2v) is 5.58. The quantitative estimate of drug-likeness (QED) is 0.688. The third-order valence-corrected chi connectivity index (χ3v) is 4.25. The molecule has 0 atom stereocenters. The van der Waals surface area contributed by atoms with Gasteiger partial charge in [-0.2, -0.15) is 0 Å². The summed E-state index contributed by atoms with van der Waals surface area (Å²) in [5.74, 6) is 0.532. The number of carbonyl (C=O) groups is 2. The predicted octanol–water partition coefficient (Wildman–Crippen LogP) is 3.05. The van der Waals surface area contributed by atoms with Crippen molar-refractivity contribution in [2.75, 3.05) is 18.0 Å². The zero-order chi connectivity index (χ0) is 14.4. The molecule has 1 fully saturated rings. The third-order valence-electron chi connectivity index (χ3n) is 4.25. The standard InChI is InChI=1S/C17H15NO3/c19-15-11-6-2-3-7-12(11)16(20)17-13(15)10-14(21-17)18-8-4-1-5-9-18/h2-3,6-7,10H,1,4-5,8-9H2. The lowest BCUT2D eigenvalue weighted by Crippen LogP contribution is -2.28. The van der Waals surface area contributed by atoms with E-state index in [1.165, 1.54) is 6.42 Å². The fourth-order valence-electron chi connectivity index (χ4n) is 3.13. The van der Waals surface area contributed by atoms with Gasteiger partial charge < -0.3 is 9.32 Å². The summed E-state index contributed by atoms with van der Waals surface area (Å²) in [4.78, 5) is 27.1. The largest absolute Gasteiger partial charge is 0.436 e. The summed E-state index contributed by atoms with van der Waals surface area (Å²) in [6.07, 6.45) is 3.46. The highest BCUT2D eigenvalue weighted by Gasteiger charge is 2.34. The monoisotopic (exact) mass is 281 g/mol. The summed E-state index contributed by atoms with van der Waals surface area (Å²) in [6.45, 7) is 1.84. The van der Waals surface area contributed by atoms with Crippen LogP contribution in [0.5, 0.6) is 0 Å². The van der Waals surface area contributed by atoms with Crippen molar-refractivity contribution in [1.29, 1.82) is 0 Å². The van der Waals surface area contributed by atoms with Gasteiger partial charge in [0.1, 0.15) is 0 Å². The highest BCUT2D eigenvalue weighted by molar-refractivity contribution is 6.27. The fraction of sp³-hybridized carbons (Fsp3) is 0.294. The molecule has 1 aliphatic heterocycles. The second kappa shape index (κ2) is 4.58. The zero-order valence-electron chi connectivity index (χ0n) is 11.6. The van der Waals surface area contributed by atoms with Gasteiger partial charge in [-0.15, -0.1) is 0 Å². The van der Waals surface area contributed by atoms with Crippen molar-refractivity contribution in [3.8, 4) is 0 Å². The SMILES string of the molecule is O=C1c2ccccc2C(=O)c2oc(N3CCCCC3)cc21. The van der Waals surface area contributed by atoms with Crippen molar-refractivity contribution in [3.05, 3.63) is 52.8 Å². The number of anilines is 1. The van der Waals surface area contributed by atoms with E-state index in [9.17, 15) is 9.59 Å². The van der Waals surface area contributed by atoms with Crippen molar-refractivity contribution in [2.24, 2.45) is 0 Å². The van der Waals surface area contributed by atoms with E-state index in [-0.39, 0.29) is 17.3 Å². The molecule has 0 unspecified atom stereocenters. The van der Waals surface area contributed by atoms with Crippen LogP contribution in [0.3, 0.4) is 0 Å². The van der Waals surface area contributed by atoms with Crippen molar-refractivity contribution in [1.82, 2.24) is 0 Å². The molecule has 2 aromatic rings. The van der Waals surface area contributed by atoms with Crippen LogP contribution in [0, 0.1) is 0 Å². The number of piperidine rings is 1. The Morgan fingerprint density at radius 3 is 2.24 bits per heavy atom.